The van der Waals surface area contributed by atoms with E-state index in [1.165, 1.54) is 17.3 Å². The second-order valence-electron chi connectivity index (χ2n) is 3.54. The SMILES string of the molecule is CC(=O)SCCCCc1ccc(N)cc1. The molecule has 0 radical (unpaired) electrons. The fourth-order valence-electron chi connectivity index (χ4n) is 1.33. The summed E-state index contributed by atoms with van der Waals surface area (Å²) in [5.74, 6) is 0.935. The van der Waals surface area contributed by atoms with Crippen molar-refractivity contribution in [3.63, 3.8) is 0 Å². The fraction of sp³-hybridized carbons (Fsp3) is 0.417. The summed E-state index contributed by atoms with van der Waals surface area (Å²) >= 11 is 1.41. The highest BCUT2D eigenvalue weighted by Crippen LogP contribution is 2.11. The van der Waals surface area contributed by atoms with Gasteiger partial charge in [0.25, 0.3) is 0 Å². The maximum Gasteiger partial charge on any atom is 0.185 e. The van der Waals surface area contributed by atoms with E-state index >= 15 is 0 Å². The van der Waals surface area contributed by atoms with Crippen LogP contribution in [-0.2, 0) is 11.2 Å². The second kappa shape index (κ2) is 6.51. The number of carbonyl (C=O) groups is 1. The molecule has 0 atom stereocenters. The molecule has 1 aromatic rings. The number of nitrogen functional groups attached to an aromatic ring is 1. The molecule has 1 rings (SSSR count). The smallest absolute Gasteiger partial charge is 0.185 e. The van der Waals surface area contributed by atoms with E-state index in [0.29, 0.717) is 0 Å². The molecule has 15 heavy (non-hydrogen) atoms. The molecule has 0 aliphatic rings. The van der Waals surface area contributed by atoms with Crippen LogP contribution in [0.5, 0.6) is 0 Å². The van der Waals surface area contributed by atoms with Crippen LogP contribution in [0, 0.1) is 0 Å². The van der Waals surface area contributed by atoms with Crippen LogP contribution in [0.15, 0.2) is 24.3 Å². The third-order valence-corrected chi connectivity index (χ3v) is 3.04. The number of nitrogens with two attached hydrogens (primary N) is 1. The van der Waals surface area contributed by atoms with Gasteiger partial charge in [-0.25, -0.2) is 0 Å². The number of benzene rings is 1. The zero-order valence-electron chi connectivity index (χ0n) is 9.03. The second-order valence-corrected chi connectivity index (χ2v) is 4.81. The summed E-state index contributed by atoms with van der Waals surface area (Å²) in [5, 5.41) is 0.211. The monoisotopic (exact) mass is 223 g/mol. The number of rotatable bonds is 5. The average Bonchev–Trinajstić information content (AvgIpc) is 2.20. The third-order valence-electron chi connectivity index (χ3n) is 2.14. The van der Waals surface area contributed by atoms with Crippen LogP contribution in [0.1, 0.15) is 25.3 Å². The van der Waals surface area contributed by atoms with Gasteiger partial charge >= 0.3 is 0 Å². The molecular formula is C12H17NOS. The lowest BCUT2D eigenvalue weighted by molar-refractivity contribution is -0.109. The first-order valence-electron chi connectivity index (χ1n) is 5.16. The Morgan fingerprint density at radius 3 is 2.53 bits per heavy atom. The van der Waals surface area contributed by atoms with Crippen molar-refractivity contribution in [2.24, 2.45) is 0 Å². The van der Waals surface area contributed by atoms with Gasteiger partial charge in [-0.05, 0) is 37.0 Å². The Balaban J connectivity index is 2.15. The molecule has 0 aliphatic heterocycles. The molecule has 3 heteroatoms. The normalized spacial score (nSPS) is 10.2. The molecule has 0 unspecified atom stereocenters. The first-order valence-corrected chi connectivity index (χ1v) is 6.15. The van der Waals surface area contributed by atoms with Crippen molar-refractivity contribution >= 4 is 22.6 Å². The number of thioether (sulfide) groups is 1. The lowest BCUT2D eigenvalue weighted by atomic mass is 10.1. The summed E-state index contributed by atoms with van der Waals surface area (Å²) < 4.78 is 0. The summed E-state index contributed by atoms with van der Waals surface area (Å²) in [7, 11) is 0. The molecule has 0 aliphatic carbocycles. The maximum atomic E-state index is 10.7. The molecule has 2 N–H and O–H groups in total. The first-order chi connectivity index (χ1) is 7.18. The number of carbonyl (C=O) groups excluding carboxylic acids is 1. The van der Waals surface area contributed by atoms with Gasteiger partial charge < -0.3 is 5.73 Å². The summed E-state index contributed by atoms with van der Waals surface area (Å²) in [6.07, 6.45) is 3.29. The van der Waals surface area contributed by atoms with Crippen molar-refractivity contribution in [2.75, 3.05) is 11.5 Å². The van der Waals surface area contributed by atoms with Gasteiger partial charge in [0.2, 0.25) is 0 Å². The highest BCUT2D eigenvalue weighted by Gasteiger charge is 1.96. The summed E-state index contributed by atoms with van der Waals surface area (Å²) in [6, 6.07) is 7.99. The van der Waals surface area contributed by atoms with Crippen LogP contribution < -0.4 is 5.73 Å². The van der Waals surface area contributed by atoms with Crippen molar-refractivity contribution < 1.29 is 4.79 Å². The molecule has 0 saturated heterocycles. The Kier molecular flexibility index (Phi) is 5.26. The average molecular weight is 223 g/mol. The summed E-state index contributed by atoms with van der Waals surface area (Å²) in [4.78, 5) is 10.7. The predicted molar refractivity (Wildman–Crippen MR) is 66.9 cm³/mol. The minimum absolute atomic E-state index is 0.211. The number of hydrogen-bond donors (Lipinski definition) is 1. The zero-order valence-corrected chi connectivity index (χ0v) is 9.85. The molecule has 0 saturated carbocycles. The molecule has 2 nitrogen and oxygen atoms in total. The van der Waals surface area contributed by atoms with Crippen molar-refractivity contribution in [2.45, 2.75) is 26.2 Å². The van der Waals surface area contributed by atoms with E-state index in [2.05, 4.69) is 12.1 Å². The van der Waals surface area contributed by atoms with Crippen LogP contribution in [0.4, 0.5) is 5.69 Å². The maximum absolute atomic E-state index is 10.7. The highest BCUT2D eigenvalue weighted by atomic mass is 32.2. The molecule has 0 bridgehead atoms. The van der Waals surface area contributed by atoms with Gasteiger partial charge in [0.05, 0.1) is 0 Å². The third kappa shape index (κ3) is 5.47. The van der Waals surface area contributed by atoms with Crippen LogP contribution in [0.25, 0.3) is 0 Å². The van der Waals surface area contributed by atoms with Crippen molar-refractivity contribution in [3.8, 4) is 0 Å². The van der Waals surface area contributed by atoms with Gasteiger partial charge in [-0.15, -0.1) is 0 Å². The highest BCUT2D eigenvalue weighted by molar-refractivity contribution is 8.13. The Labute approximate surface area is 95.2 Å². The number of aryl methyl sites for hydroxylation is 1. The summed E-state index contributed by atoms with van der Waals surface area (Å²) in [6.45, 7) is 1.62. The van der Waals surface area contributed by atoms with Gasteiger partial charge in [-0.1, -0.05) is 23.9 Å². The van der Waals surface area contributed by atoms with E-state index in [0.717, 1.165) is 30.7 Å². The zero-order chi connectivity index (χ0) is 11.1. The first kappa shape index (κ1) is 12.1. The standard InChI is InChI=1S/C12H17NOS/c1-10(14)15-9-3-2-4-11-5-7-12(13)8-6-11/h5-8H,2-4,9,13H2,1H3. The van der Waals surface area contributed by atoms with Gasteiger partial charge in [0, 0.05) is 18.4 Å². The van der Waals surface area contributed by atoms with Crippen LogP contribution in [0.2, 0.25) is 0 Å². The minimum atomic E-state index is 0.211. The molecule has 0 aromatic heterocycles. The lowest BCUT2D eigenvalue weighted by Crippen LogP contribution is -1.90. The number of anilines is 1. The van der Waals surface area contributed by atoms with E-state index in [1.807, 2.05) is 12.1 Å². The Morgan fingerprint density at radius 2 is 1.93 bits per heavy atom. The Hall–Kier alpha value is -0.960. The van der Waals surface area contributed by atoms with Crippen molar-refractivity contribution in [1.29, 1.82) is 0 Å². The summed E-state index contributed by atoms with van der Waals surface area (Å²) in [5.41, 5.74) is 7.72. The van der Waals surface area contributed by atoms with E-state index in [1.54, 1.807) is 6.92 Å². The quantitative estimate of drug-likeness (QED) is 0.616. The number of unbranched alkanes of at least 4 members (excludes halogenated alkanes) is 1. The van der Waals surface area contributed by atoms with E-state index in [-0.39, 0.29) is 5.12 Å². The fourth-order valence-corrected chi connectivity index (χ4v) is 1.97. The molecule has 0 spiro atoms. The predicted octanol–water partition coefficient (Wildman–Crippen LogP) is 2.87. The van der Waals surface area contributed by atoms with E-state index in [9.17, 15) is 4.79 Å². The molecule has 0 amide bonds. The molecule has 82 valence electrons. The van der Waals surface area contributed by atoms with E-state index in [4.69, 9.17) is 5.73 Å². The topological polar surface area (TPSA) is 43.1 Å². The number of hydrogen-bond acceptors (Lipinski definition) is 3. The van der Waals surface area contributed by atoms with Crippen molar-refractivity contribution in [3.05, 3.63) is 29.8 Å². The molecule has 0 heterocycles. The Morgan fingerprint density at radius 1 is 1.27 bits per heavy atom. The Bertz CT molecular complexity index is 308. The van der Waals surface area contributed by atoms with Gasteiger partial charge in [-0.2, -0.15) is 0 Å². The van der Waals surface area contributed by atoms with E-state index < -0.39 is 0 Å². The van der Waals surface area contributed by atoms with Crippen LogP contribution in [0.3, 0.4) is 0 Å². The van der Waals surface area contributed by atoms with Crippen LogP contribution in [-0.4, -0.2) is 10.9 Å². The molecular weight excluding hydrogens is 206 g/mol. The van der Waals surface area contributed by atoms with Gasteiger partial charge in [0.15, 0.2) is 5.12 Å². The minimum Gasteiger partial charge on any atom is -0.399 e. The largest absolute Gasteiger partial charge is 0.399 e. The van der Waals surface area contributed by atoms with Crippen LogP contribution >= 0.6 is 11.8 Å². The lowest BCUT2D eigenvalue weighted by Gasteiger charge is -2.01. The molecule has 0 fully saturated rings. The van der Waals surface area contributed by atoms with Crippen molar-refractivity contribution in [1.82, 2.24) is 0 Å². The van der Waals surface area contributed by atoms with Gasteiger partial charge in [-0.3, -0.25) is 4.79 Å². The van der Waals surface area contributed by atoms with Gasteiger partial charge in [0.1, 0.15) is 0 Å². The molecule has 1 aromatic carbocycles.